The van der Waals surface area contributed by atoms with E-state index < -0.39 is 0 Å². The largest absolute Gasteiger partial charge is 0.465 e. The summed E-state index contributed by atoms with van der Waals surface area (Å²) in [5.41, 5.74) is 1.80. The second-order valence-corrected chi connectivity index (χ2v) is 4.59. The molecule has 1 heterocycles. The van der Waals surface area contributed by atoms with Crippen molar-refractivity contribution in [2.75, 3.05) is 20.2 Å². The normalized spacial score (nSPS) is 16.5. The Kier molecular flexibility index (Phi) is 4.73. The highest BCUT2D eigenvalue weighted by Crippen LogP contribution is 2.08. The first-order chi connectivity index (χ1) is 8.79. The molecule has 1 aliphatic rings. The predicted molar refractivity (Wildman–Crippen MR) is 70.5 cm³/mol. The second-order valence-electron chi connectivity index (χ2n) is 4.59. The summed E-state index contributed by atoms with van der Waals surface area (Å²) in [4.78, 5) is 11.3. The Balaban J connectivity index is 1.84. The molecular weight excluding hydrogens is 228 g/mol. The molecular formula is C14H20N2O2. The lowest BCUT2D eigenvalue weighted by Crippen LogP contribution is -2.39. The van der Waals surface area contributed by atoms with Gasteiger partial charge in [-0.1, -0.05) is 12.1 Å². The number of ether oxygens (including phenoxy) is 1. The van der Waals surface area contributed by atoms with Gasteiger partial charge in [0.15, 0.2) is 0 Å². The average molecular weight is 248 g/mol. The summed E-state index contributed by atoms with van der Waals surface area (Å²) >= 11 is 0. The maximum absolute atomic E-state index is 11.3. The molecule has 0 radical (unpaired) electrons. The third kappa shape index (κ3) is 3.55. The first-order valence-electron chi connectivity index (χ1n) is 6.41. The lowest BCUT2D eigenvalue weighted by atomic mass is 10.1. The number of rotatable bonds is 4. The van der Waals surface area contributed by atoms with Gasteiger partial charge in [0.05, 0.1) is 12.7 Å². The van der Waals surface area contributed by atoms with Gasteiger partial charge < -0.3 is 15.4 Å². The van der Waals surface area contributed by atoms with E-state index >= 15 is 0 Å². The van der Waals surface area contributed by atoms with Crippen molar-refractivity contribution in [1.29, 1.82) is 0 Å². The highest BCUT2D eigenvalue weighted by molar-refractivity contribution is 5.89. The molecule has 0 amide bonds. The van der Waals surface area contributed by atoms with E-state index in [0.717, 1.165) is 19.6 Å². The minimum atomic E-state index is -0.284. The molecule has 4 heteroatoms. The third-order valence-corrected chi connectivity index (χ3v) is 3.31. The topological polar surface area (TPSA) is 50.4 Å². The molecule has 1 aromatic rings. The number of piperidine rings is 1. The second kappa shape index (κ2) is 6.52. The van der Waals surface area contributed by atoms with E-state index in [9.17, 15) is 4.79 Å². The molecule has 0 saturated carbocycles. The SMILES string of the molecule is COC(=O)c1ccc(CNC2CCNCC2)cc1. The molecule has 0 unspecified atom stereocenters. The van der Waals surface area contributed by atoms with E-state index in [0.29, 0.717) is 11.6 Å². The number of nitrogens with one attached hydrogen (secondary N) is 2. The zero-order chi connectivity index (χ0) is 12.8. The van der Waals surface area contributed by atoms with Crippen LogP contribution in [-0.2, 0) is 11.3 Å². The molecule has 0 bridgehead atoms. The van der Waals surface area contributed by atoms with E-state index in [1.54, 1.807) is 0 Å². The van der Waals surface area contributed by atoms with Crippen molar-refractivity contribution >= 4 is 5.97 Å². The number of hydrogen-bond donors (Lipinski definition) is 2. The van der Waals surface area contributed by atoms with Gasteiger partial charge in [0.2, 0.25) is 0 Å². The Morgan fingerprint density at radius 1 is 1.33 bits per heavy atom. The molecule has 1 fully saturated rings. The van der Waals surface area contributed by atoms with Crippen LogP contribution in [0.25, 0.3) is 0 Å². The van der Waals surface area contributed by atoms with Crippen molar-refractivity contribution in [3.05, 3.63) is 35.4 Å². The number of carbonyl (C=O) groups is 1. The van der Waals surface area contributed by atoms with Crippen molar-refractivity contribution in [3.8, 4) is 0 Å². The monoisotopic (exact) mass is 248 g/mol. The molecule has 0 aliphatic carbocycles. The number of esters is 1. The number of benzene rings is 1. The van der Waals surface area contributed by atoms with Crippen molar-refractivity contribution in [2.24, 2.45) is 0 Å². The van der Waals surface area contributed by atoms with Crippen molar-refractivity contribution in [3.63, 3.8) is 0 Å². The van der Waals surface area contributed by atoms with Gasteiger partial charge in [-0.2, -0.15) is 0 Å². The van der Waals surface area contributed by atoms with E-state index in [4.69, 9.17) is 0 Å². The van der Waals surface area contributed by atoms with Crippen LogP contribution in [0, 0.1) is 0 Å². The van der Waals surface area contributed by atoms with Crippen LogP contribution in [0.4, 0.5) is 0 Å². The molecule has 1 saturated heterocycles. The van der Waals surface area contributed by atoms with Crippen molar-refractivity contribution < 1.29 is 9.53 Å². The molecule has 0 atom stereocenters. The molecule has 18 heavy (non-hydrogen) atoms. The molecule has 4 nitrogen and oxygen atoms in total. The maximum atomic E-state index is 11.3. The number of carbonyl (C=O) groups excluding carboxylic acids is 1. The predicted octanol–water partition coefficient (Wildman–Crippen LogP) is 1.31. The van der Waals surface area contributed by atoms with Gasteiger partial charge in [-0.3, -0.25) is 0 Å². The van der Waals surface area contributed by atoms with Crippen LogP contribution >= 0.6 is 0 Å². The molecule has 2 N–H and O–H groups in total. The number of hydrogen-bond acceptors (Lipinski definition) is 4. The molecule has 1 aromatic carbocycles. The summed E-state index contributed by atoms with van der Waals surface area (Å²) in [6, 6.07) is 8.17. The Morgan fingerprint density at radius 2 is 2.00 bits per heavy atom. The van der Waals surface area contributed by atoms with Crippen LogP contribution in [0.1, 0.15) is 28.8 Å². The zero-order valence-corrected chi connectivity index (χ0v) is 10.7. The average Bonchev–Trinajstić information content (AvgIpc) is 2.46. The van der Waals surface area contributed by atoms with Crippen LogP contribution in [-0.4, -0.2) is 32.2 Å². The van der Waals surface area contributed by atoms with Gasteiger partial charge >= 0.3 is 5.97 Å². The minimum absolute atomic E-state index is 0.284. The Morgan fingerprint density at radius 3 is 2.61 bits per heavy atom. The smallest absolute Gasteiger partial charge is 0.337 e. The van der Waals surface area contributed by atoms with Crippen molar-refractivity contribution in [2.45, 2.75) is 25.4 Å². The third-order valence-electron chi connectivity index (χ3n) is 3.31. The lowest BCUT2D eigenvalue weighted by molar-refractivity contribution is 0.0600. The first kappa shape index (κ1) is 13.1. The van der Waals surface area contributed by atoms with Gasteiger partial charge in [-0.15, -0.1) is 0 Å². The van der Waals surface area contributed by atoms with Gasteiger partial charge in [0.25, 0.3) is 0 Å². The Hall–Kier alpha value is -1.39. The summed E-state index contributed by atoms with van der Waals surface area (Å²) in [7, 11) is 1.40. The van der Waals surface area contributed by atoms with E-state index in [1.165, 1.54) is 25.5 Å². The van der Waals surface area contributed by atoms with Gasteiger partial charge in [0, 0.05) is 12.6 Å². The van der Waals surface area contributed by atoms with E-state index in [2.05, 4.69) is 15.4 Å². The quantitative estimate of drug-likeness (QED) is 0.789. The first-order valence-corrected chi connectivity index (χ1v) is 6.41. The fraction of sp³-hybridized carbons (Fsp3) is 0.500. The summed E-state index contributed by atoms with van der Waals surface area (Å²) in [6.45, 7) is 3.05. The van der Waals surface area contributed by atoms with E-state index in [-0.39, 0.29) is 5.97 Å². The Labute approximate surface area is 108 Å². The van der Waals surface area contributed by atoms with Crippen LogP contribution in [0.3, 0.4) is 0 Å². The fourth-order valence-electron chi connectivity index (χ4n) is 2.16. The standard InChI is InChI=1S/C14H20N2O2/c1-18-14(17)12-4-2-11(3-5-12)10-16-13-6-8-15-9-7-13/h2-5,13,15-16H,6-10H2,1H3. The lowest BCUT2D eigenvalue weighted by Gasteiger charge is -2.23. The summed E-state index contributed by atoms with van der Waals surface area (Å²) in [6.07, 6.45) is 2.36. The van der Waals surface area contributed by atoms with Crippen LogP contribution in [0.5, 0.6) is 0 Å². The zero-order valence-electron chi connectivity index (χ0n) is 10.7. The van der Waals surface area contributed by atoms with Gasteiger partial charge in [0.1, 0.15) is 0 Å². The van der Waals surface area contributed by atoms with Crippen LogP contribution in [0.2, 0.25) is 0 Å². The molecule has 2 rings (SSSR count). The fourth-order valence-corrected chi connectivity index (χ4v) is 2.16. The number of methoxy groups -OCH3 is 1. The van der Waals surface area contributed by atoms with Gasteiger partial charge in [-0.25, -0.2) is 4.79 Å². The maximum Gasteiger partial charge on any atom is 0.337 e. The van der Waals surface area contributed by atoms with Crippen LogP contribution in [0.15, 0.2) is 24.3 Å². The molecule has 1 aliphatic heterocycles. The van der Waals surface area contributed by atoms with Gasteiger partial charge in [-0.05, 0) is 43.6 Å². The summed E-state index contributed by atoms with van der Waals surface area (Å²) < 4.78 is 4.67. The Bertz CT molecular complexity index is 383. The van der Waals surface area contributed by atoms with Crippen LogP contribution < -0.4 is 10.6 Å². The highest BCUT2D eigenvalue weighted by Gasteiger charge is 2.11. The minimum Gasteiger partial charge on any atom is -0.465 e. The van der Waals surface area contributed by atoms with E-state index in [1.807, 2.05) is 24.3 Å². The molecule has 0 spiro atoms. The summed E-state index contributed by atoms with van der Waals surface area (Å²) in [5, 5.41) is 6.89. The summed E-state index contributed by atoms with van der Waals surface area (Å²) in [5.74, 6) is -0.284. The molecule has 98 valence electrons. The highest BCUT2D eigenvalue weighted by atomic mass is 16.5. The van der Waals surface area contributed by atoms with Crippen molar-refractivity contribution in [1.82, 2.24) is 10.6 Å². The molecule has 0 aromatic heterocycles.